The number of hydrogen-bond acceptors (Lipinski definition) is 5. The van der Waals surface area contributed by atoms with Crippen molar-refractivity contribution in [3.63, 3.8) is 0 Å². The summed E-state index contributed by atoms with van der Waals surface area (Å²) in [4.78, 5) is 18.5. The van der Waals surface area contributed by atoms with Crippen molar-refractivity contribution in [2.24, 2.45) is 5.92 Å². The summed E-state index contributed by atoms with van der Waals surface area (Å²) in [5.41, 5.74) is 0. The minimum absolute atomic E-state index is 0.0930. The van der Waals surface area contributed by atoms with Crippen molar-refractivity contribution >= 4 is 21.7 Å². The van der Waals surface area contributed by atoms with Gasteiger partial charge in [-0.1, -0.05) is 6.92 Å². The van der Waals surface area contributed by atoms with Gasteiger partial charge in [0.15, 0.2) is 0 Å². The second kappa shape index (κ2) is 8.35. The first-order valence-electron chi connectivity index (χ1n) is 9.48. The molecule has 7 nitrogen and oxygen atoms in total. The average molecular weight is 381 g/mol. The number of carbonyl (C=O) groups is 1. The maximum Gasteiger partial charge on any atom is 0.242 e. The number of piperidine rings is 1. The van der Waals surface area contributed by atoms with Crippen LogP contribution >= 0.6 is 0 Å². The van der Waals surface area contributed by atoms with E-state index < -0.39 is 10.0 Å². The molecule has 0 bridgehead atoms. The molecule has 1 saturated heterocycles. The predicted octanol–water partition coefficient (Wildman–Crippen LogP) is 1.65. The van der Waals surface area contributed by atoms with Crippen molar-refractivity contribution in [2.45, 2.75) is 56.4 Å². The Morgan fingerprint density at radius 1 is 1.31 bits per heavy atom. The molecule has 0 radical (unpaired) electrons. The molecule has 3 rings (SSSR count). The number of sulfonamides is 1. The molecule has 2 heterocycles. The standard InChI is InChI=1S/C18H28N4O3S/c1-2-4-18(23)21-15-5-3-10-22(13-15)17-9-8-16(12-19-17)26(24,25)20-11-14-6-7-14/h8-9,12,14-15,20H,2-7,10-11,13H2,1H3,(H,21,23). The second-order valence-corrected chi connectivity index (χ2v) is 9.02. The molecule has 1 aromatic heterocycles. The van der Waals surface area contributed by atoms with E-state index in [0.29, 0.717) is 25.4 Å². The van der Waals surface area contributed by atoms with Gasteiger partial charge in [-0.2, -0.15) is 0 Å². The van der Waals surface area contributed by atoms with Crippen LogP contribution in [0.15, 0.2) is 23.2 Å². The largest absolute Gasteiger partial charge is 0.355 e. The van der Waals surface area contributed by atoms with Crippen LogP contribution < -0.4 is 14.9 Å². The minimum atomic E-state index is -3.48. The van der Waals surface area contributed by atoms with Gasteiger partial charge in [-0.05, 0) is 50.2 Å². The van der Waals surface area contributed by atoms with Gasteiger partial charge in [0.05, 0.1) is 0 Å². The summed E-state index contributed by atoms with van der Waals surface area (Å²) in [6, 6.07) is 3.48. The van der Waals surface area contributed by atoms with E-state index in [1.165, 1.54) is 6.20 Å². The molecule has 1 aliphatic heterocycles. The van der Waals surface area contributed by atoms with Crippen molar-refractivity contribution in [1.82, 2.24) is 15.0 Å². The summed E-state index contributed by atoms with van der Waals surface area (Å²) in [5, 5.41) is 3.07. The van der Waals surface area contributed by atoms with Crippen LogP contribution in [0.5, 0.6) is 0 Å². The van der Waals surface area contributed by atoms with Gasteiger partial charge in [-0.15, -0.1) is 0 Å². The lowest BCUT2D eigenvalue weighted by Crippen LogP contribution is -2.48. The second-order valence-electron chi connectivity index (χ2n) is 7.25. The van der Waals surface area contributed by atoms with E-state index in [9.17, 15) is 13.2 Å². The third kappa shape index (κ3) is 5.17. The van der Waals surface area contributed by atoms with Gasteiger partial charge in [0.2, 0.25) is 15.9 Å². The molecule has 0 aromatic carbocycles. The predicted molar refractivity (Wildman–Crippen MR) is 100 cm³/mol. The highest BCUT2D eigenvalue weighted by Gasteiger charge is 2.25. The summed E-state index contributed by atoms with van der Waals surface area (Å²) in [6.45, 7) is 4.06. The number of pyridine rings is 1. The van der Waals surface area contributed by atoms with Crippen LogP contribution in [0.2, 0.25) is 0 Å². The van der Waals surface area contributed by atoms with Gasteiger partial charge >= 0.3 is 0 Å². The Morgan fingerprint density at radius 3 is 2.77 bits per heavy atom. The Morgan fingerprint density at radius 2 is 2.12 bits per heavy atom. The van der Waals surface area contributed by atoms with Crippen molar-refractivity contribution in [3.8, 4) is 0 Å². The van der Waals surface area contributed by atoms with Crippen molar-refractivity contribution in [2.75, 3.05) is 24.5 Å². The van der Waals surface area contributed by atoms with Gasteiger partial charge in [0.1, 0.15) is 10.7 Å². The fraction of sp³-hybridized carbons (Fsp3) is 0.667. The first-order chi connectivity index (χ1) is 12.5. The highest BCUT2D eigenvalue weighted by Crippen LogP contribution is 2.28. The first kappa shape index (κ1) is 19.1. The van der Waals surface area contributed by atoms with Crippen molar-refractivity contribution < 1.29 is 13.2 Å². The van der Waals surface area contributed by atoms with Gasteiger partial charge in [0.25, 0.3) is 0 Å². The zero-order chi connectivity index (χ0) is 18.6. The lowest BCUT2D eigenvalue weighted by molar-refractivity contribution is -0.121. The van der Waals surface area contributed by atoms with E-state index in [2.05, 4.69) is 19.9 Å². The molecule has 2 fully saturated rings. The Bertz CT molecular complexity index is 716. The number of nitrogens with zero attached hydrogens (tertiary/aromatic N) is 2. The van der Waals surface area contributed by atoms with Crippen LogP contribution in [0, 0.1) is 5.92 Å². The quantitative estimate of drug-likeness (QED) is 0.716. The summed E-state index contributed by atoms with van der Waals surface area (Å²) in [5.74, 6) is 1.33. The Balaban J connectivity index is 1.59. The topological polar surface area (TPSA) is 91.4 Å². The number of hydrogen-bond donors (Lipinski definition) is 2. The van der Waals surface area contributed by atoms with Gasteiger partial charge in [-0.25, -0.2) is 18.1 Å². The van der Waals surface area contributed by atoms with Crippen LogP contribution in [-0.4, -0.2) is 45.0 Å². The van der Waals surface area contributed by atoms with Gasteiger partial charge in [0, 0.05) is 38.3 Å². The average Bonchev–Trinajstić information content (AvgIpc) is 3.45. The maximum absolute atomic E-state index is 12.3. The van der Waals surface area contributed by atoms with Gasteiger partial charge in [-0.3, -0.25) is 4.79 Å². The van der Waals surface area contributed by atoms with Crippen LogP contribution in [-0.2, 0) is 14.8 Å². The summed E-state index contributed by atoms with van der Waals surface area (Å²) in [6.07, 6.45) is 6.95. The molecular weight excluding hydrogens is 352 g/mol. The lowest BCUT2D eigenvalue weighted by Gasteiger charge is -2.34. The Hall–Kier alpha value is -1.67. The highest BCUT2D eigenvalue weighted by atomic mass is 32.2. The van der Waals surface area contributed by atoms with E-state index >= 15 is 0 Å². The molecule has 1 atom stereocenters. The summed E-state index contributed by atoms with van der Waals surface area (Å²) in [7, 11) is -3.48. The van der Waals surface area contributed by atoms with Crippen molar-refractivity contribution in [3.05, 3.63) is 18.3 Å². The zero-order valence-electron chi connectivity index (χ0n) is 15.3. The molecule has 1 aromatic rings. The number of nitrogens with one attached hydrogen (secondary N) is 2. The normalized spacial score (nSPS) is 20.8. The number of carbonyl (C=O) groups excluding carboxylic acids is 1. The number of amides is 1. The molecule has 2 aliphatic rings. The summed E-state index contributed by atoms with van der Waals surface area (Å²) < 4.78 is 27.2. The van der Waals surface area contributed by atoms with Gasteiger partial charge < -0.3 is 10.2 Å². The molecule has 0 spiro atoms. The molecule has 26 heavy (non-hydrogen) atoms. The monoisotopic (exact) mass is 380 g/mol. The molecule has 8 heteroatoms. The molecule has 2 N–H and O–H groups in total. The molecular formula is C18H28N4O3S. The van der Waals surface area contributed by atoms with Crippen LogP contribution in [0.25, 0.3) is 0 Å². The summed E-state index contributed by atoms with van der Waals surface area (Å²) >= 11 is 0. The Labute approximate surface area is 155 Å². The zero-order valence-corrected chi connectivity index (χ0v) is 16.1. The van der Waals surface area contributed by atoms with E-state index in [1.54, 1.807) is 12.1 Å². The van der Waals surface area contributed by atoms with Crippen LogP contribution in [0.3, 0.4) is 0 Å². The third-order valence-corrected chi connectivity index (χ3v) is 6.29. The lowest BCUT2D eigenvalue weighted by atomic mass is 10.1. The van der Waals surface area contributed by atoms with Crippen LogP contribution in [0.4, 0.5) is 5.82 Å². The Kier molecular flexibility index (Phi) is 6.13. The number of anilines is 1. The number of rotatable bonds is 8. The maximum atomic E-state index is 12.3. The SMILES string of the molecule is CCCC(=O)NC1CCCN(c2ccc(S(=O)(=O)NCC3CC3)cn2)C1. The van der Waals surface area contributed by atoms with Crippen molar-refractivity contribution in [1.29, 1.82) is 0 Å². The third-order valence-electron chi connectivity index (χ3n) is 4.88. The minimum Gasteiger partial charge on any atom is -0.355 e. The highest BCUT2D eigenvalue weighted by molar-refractivity contribution is 7.89. The number of aromatic nitrogens is 1. The van der Waals surface area contributed by atoms with E-state index in [0.717, 1.165) is 44.5 Å². The van der Waals surface area contributed by atoms with Crippen LogP contribution in [0.1, 0.15) is 45.4 Å². The molecule has 1 saturated carbocycles. The molecule has 1 unspecified atom stereocenters. The fourth-order valence-corrected chi connectivity index (χ4v) is 4.24. The van der Waals surface area contributed by atoms with E-state index in [1.807, 2.05) is 6.92 Å². The molecule has 1 aliphatic carbocycles. The first-order valence-corrected chi connectivity index (χ1v) is 11.0. The smallest absolute Gasteiger partial charge is 0.242 e. The molecule has 144 valence electrons. The van der Waals surface area contributed by atoms with E-state index in [-0.39, 0.29) is 16.8 Å². The van der Waals surface area contributed by atoms with E-state index in [4.69, 9.17) is 0 Å². The fourth-order valence-electron chi connectivity index (χ4n) is 3.18. The molecule has 1 amide bonds.